The largest absolute Gasteiger partial charge is 0.198 e. The fourth-order valence-electron chi connectivity index (χ4n) is 1.56. The molecule has 0 bridgehead atoms. The Kier molecular flexibility index (Phi) is 18.2. The molecule has 0 spiro atoms. The second-order valence-electron chi connectivity index (χ2n) is 4.67. The smallest absolute Gasteiger partial charge is 0.0666 e. The van der Waals surface area contributed by atoms with Gasteiger partial charge in [0.1, 0.15) is 0 Å². The lowest BCUT2D eigenvalue weighted by molar-refractivity contribution is 0.831. The highest BCUT2D eigenvalue weighted by atomic mass is 14.2. The first-order valence-corrected chi connectivity index (χ1v) is 7.47. The summed E-state index contributed by atoms with van der Waals surface area (Å²) < 4.78 is 0. The second kappa shape index (κ2) is 18.4. The van der Waals surface area contributed by atoms with Crippen molar-refractivity contribution in [1.82, 2.24) is 0 Å². The maximum atomic E-state index is 8.29. The van der Waals surface area contributed by atoms with Crippen molar-refractivity contribution >= 4 is 0 Å². The Morgan fingerprint density at radius 1 is 0.909 bits per heavy atom. The molecule has 0 heterocycles. The molecule has 0 aliphatic heterocycles. The average molecular weight is 296 g/mol. The van der Waals surface area contributed by atoms with E-state index >= 15 is 0 Å². The van der Waals surface area contributed by atoms with Crippen LogP contribution in [0.15, 0.2) is 23.3 Å². The normalized spacial score (nSPS) is 10.3. The molecule has 0 aromatic rings. The second-order valence-corrected chi connectivity index (χ2v) is 4.67. The third kappa shape index (κ3) is 17.4. The van der Waals surface area contributed by atoms with E-state index in [2.05, 4.69) is 25.1 Å². The SMILES string of the molecule is CC(=CCCC#N)CCCC#N.CCC(=CCC#N)CC#N. The van der Waals surface area contributed by atoms with Crippen LogP contribution in [-0.2, 0) is 0 Å². The van der Waals surface area contributed by atoms with Gasteiger partial charge < -0.3 is 0 Å². The van der Waals surface area contributed by atoms with E-state index < -0.39 is 0 Å². The van der Waals surface area contributed by atoms with Crippen molar-refractivity contribution in [1.29, 1.82) is 21.0 Å². The number of hydrogen-bond donors (Lipinski definition) is 0. The van der Waals surface area contributed by atoms with Crippen molar-refractivity contribution in [3.8, 4) is 24.3 Å². The summed E-state index contributed by atoms with van der Waals surface area (Å²) in [5.74, 6) is 0. The molecular weight excluding hydrogens is 272 g/mol. The standard InChI is InChI=1S/C10H14N2.C8H10N2/c1-10(6-2-4-8-11)7-3-5-9-12;1-2-8(5-7-10)4-3-6-9/h6H,2-5,7H2,1H3;4H,2-3,5H2,1H3. The molecule has 4 nitrogen and oxygen atoms in total. The van der Waals surface area contributed by atoms with Crippen LogP contribution in [0.25, 0.3) is 0 Å². The molecule has 0 saturated carbocycles. The van der Waals surface area contributed by atoms with Gasteiger partial charge in [-0.05, 0) is 32.6 Å². The van der Waals surface area contributed by atoms with Crippen LogP contribution in [0, 0.1) is 45.3 Å². The Bertz CT molecular complexity index is 501. The zero-order valence-corrected chi connectivity index (χ0v) is 13.6. The van der Waals surface area contributed by atoms with Crippen molar-refractivity contribution in [3.63, 3.8) is 0 Å². The molecule has 0 rings (SSSR count). The quantitative estimate of drug-likeness (QED) is 0.461. The lowest BCUT2D eigenvalue weighted by Crippen LogP contribution is -1.78. The lowest BCUT2D eigenvalue weighted by atomic mass is 10.1. The summed E-state index contributed by atoms with van der Waals surface area (Å²) in [6.45, 7) is 4.04. The molecule has 116 valence electrons. The number of rotatable bonds is 8. The Labute approximate surface area is 134 Å². The number of nitrogens with zero attached hydrogens (tertiary/aromatic N) is 4. The van der Waals surface area contributed by atoms with E-state index in [1.54, 1.807) is 0 Å². The summed E-state index contributed by atoms with van der Waals surface area (Å²) in [5.41, 5.74) is 2.35. The van der Waals surface area contributed by atoms with Crippen molar-refractivity contribution in [2.24, 2.45) is 0 Å². The molecule has 4 heteroatoms. The summed E-state index contributed by atoms with van der Waals surface area (Å²) in [5, 5.41) is 33.0. The minimum absolute atomic E-state index is 0.421. The Morgan fingerprint density at radius 3 is 2.09 bits per heavy atom. The van der Waals surface area contributed by atoms with E-state index in [4.69, 9.17) is 21.0 Å². The maximum absolute atomic E-state index is 8.29. The first-order valence-electron chi connectivity index (χ1n) is 7.47. The fraction of sp³-hybridized carbons (Fsp3) is 0.556. The van der Waals surface area contributed by atoms with Crippen molar-refractivity contribution < 1.29 is 0 Å². The fourth-order valence-corrected chi connectivity index (χ4v) is 1.56. The minimum atomic E-state index is 0.421. The van der Waals surface area contributed by atoms with E-state index in [1.807, 2.05) is 25.1 Å². The van der Waals surface area contributed by atoms with Gasteiger partial charge in [0, 0.05) is 12.8 Å². The van der Waals surface area contributed by atoms with Gasteiger partial charge in [-0.25, -0.2) is 0 Å². The van der Waals surface area contributed by atoms with Crippen LogP contribution in [0.2, 0.25) is 0 Å². The molecule has 0 saturated heterocycles. The molecule has 0 amide bonds. The van der Waals surface area contributed by atoms with E-state index in [1.165, 1.54) is 5.57 Å². The maximum Gasteiger partial charge on any atom is 0.0666 e. The summed E-state index contributed by atoms with van der Waals surface area (Å²) in [6, 6.07) is 8.26. The first kappa shape index (κ1) is 21.7. The molecule has 0 N–H and O–H groups in total. The van der Waals surface area contributed by atoms with Crippen LogP contribution < -0.4 is 0 Å². The van der Waals surface area contributed by atoms with Gasteiger partial charge in [0.2, 0.25) is 0 Å². The van der Waals surface area contributed by atoms with E-state index in [-0.39, 0.29) is 0 Å². The molecule has 22 heavy (non-hydrogen) atoms. The van der Waals surface area contributed by atoms with Gasteiger partial charge in [0.25, 0.3) is 0 Å². The van der Waals surface area contributed by atoms with Crippen molar-refractivity contribution in [2.45, 2.75) is 65.2 Å². The predicted octanol–water partition coefficient (Wildman–Crippen LogP) is 5.08. The molecule has 0 aliphatic rings. The lowest BCUT2D eigenvalue weighted by Gasteiger charge is -1.96. The van der Waals surface area contributed by atoms with Crippen LogP contribution in [0.5, 0.6) is 0 Å². The highest BCUT2D eigenvalue weighted by Crippen LogP contribution is 2.07. The summed E-state index contributed by atoms with van der Waals surface area (Å²) >= 11 is 0. The topological polar surface area (TPSA) is 95.2 Å². The van der Waals surface area contributed by atoms with Gasteiger partial charge in [-0.2, -0.15) is 21.0 Å². The van der Waals surface area contributed by atoms with Crippen LogP contribution in [-0.4, -0.2) is 0 Å². The van der Waals surface area contributed by atoms with Gasteiger partial charge in [-0.1, -0.05) is 30.2 Å². The van der Waals surface area contributed by atoms with Crippen molar-refractivity contribution in [2.75, 3.05) is 0 Å². The Hall–Kier alpha value is -2.56. The monoisotopic (exact) mass is 296 g/mol. The molecule has 0 fully saturated rings. The average Bonchev–Trinajstić information content (AvgIpc) is 2.52. The molecule has 0 unspecified atom stereocenters. The van der Waals surface area contributed by atoms with Crippen LogP contribution in [0.4, 0.5) is 0 Å². The van der Waals surface area contributed by atoms with Gasteiger partial charge in [0.15, 0.2) is 0 Å². The summed E-state index contributed by atoms with van der Waals surface area (Å²) in [6.07, 6.45) is 9.64. The molecular formula is C18H24N4. The number of nitriles is 4. The third-order valence-electron chi connectivity index (χ3n) is 2.85. The van der Waals surface area contributed by atoms with E-state index in [9.17, 15) is 0 Å². The molecule has 0 aromatic carbocycles. The van der Waals surface area contributed by atoms with Gasteiger partial charge in [0.05, 0.1) is 37.1 Å². The highest BCUT2D eigenvalue weighted by Gasteiger charge is 1.90. The molecule has 0 radical (unpaired) electrons. The van der Waals surface area contributed by atoms with E-state index in [0.717, 1.165) is 31.3 Å². The van der Waals surface area contributed by atoms with Crippen LogP contribution in [0.1, 0.15) is 65.2 Å². The summed E-state index contributed by atoms with van der Waals surface area (Å²) in [7, 11) is 0. The minimum Gasteiger partial charge on any atom is -0.198 e. The first-order chi connectivity index (χ1) is 10.7. The van der Waals surface area contributed by atoms with Gasteiger partial charge in [-0.15, -0.1) is 0 Å². The zero-order valence-electron chi connectivity index (χ0n) is 13.6. The van der Waals surface area contributed by atoms with Crippen LogP contribution in [0.3, 0.4) is 0 Å². The highest BCUT2D eigenvalue weighted by molar-refractivity contribution is 5.09. The Balaban J connectivity index is 0. The third-order valence-corrected chi connectivity index (χ3v) is 2.85. The number of unbranched alkanes of at least 4 members (excludes halogenated alkanes) is 2. The predicted molar refractivity (Wildman–Crippen MR) is 86.9 cm³/mol. The Morgan fingerprint density at radius 2 is 1.59 bits per heavy atom. The van der Waals surface area contributed by atoms with Crippen molar-refractivity contribution in [3.05, 3.63) is 23.3 Å². The van der Waals surface area contributed by atoms with E-state index in [0.29, 0.717) is 25.7 Å². The summed E-state index contributed by atoms with van der Waals surface area (Å²) in [4.78, 5) is 0. The van der Waals surface area contributed by atoms with Crippen LogP contribution >= 0.6 is 0 Å². The molecule has 0 aromatic heterocycles. The number of hydrogen-bond acceptors (Lipinski definition) is 4. The van der Waals surface area contributed by atoms with Gasteiger partial charge in [-0.3, -0.25) is 0 Å². The van der Waals surface area contributed by atoms with Gasteiger partial charge >= 0.3 is 0 Å². The molecule has 0 atom stereocenters. The molecule has 0 aliphatic carbocycles. The number of allylic oxidation sites excluding steroid dienone is 4. The zero-order chi connectivity index (χ0) is 17.1.